The Kier molecular flexibility index (Phi) is 6.30. The lowest BCUT2D eigenvalue weighted by molar-refractivity contribution is -0.0884. The van der Waals surface area contributed by atoms with Crippen LogP contribution in [0.15, 0.2) is 18.2 Å². The number of ketones is 1. The van der Waals surface area contributed by atoms with Crippen molar-refractivity contribution in [3.63, 3.8) is 0 Å². The van der Waals surface area contributed by atoms with Crippen molar-refractivity contribution in [2.75, 3.05) is 30.8 Å². The Bertz CT molecular complexity index is 758. The molecule has 2 atom stereocenters. The molecule has 0 aliphatic carbocycles. The van der Waals surface area contributed by atoms with E-state index in [-0.39, 0.29) is 5.92 Å². The van der Waals surface area contributed by atoms with Crippen molar-refractivity contribution in [1.82, 2.24) is 0 Å². The Balaban J connectivity index is 2.24. The van der Waals surface area contributed by atoms with Crippen LogP contribution in [0.5, 0.6) is 0 Å². The van der Waals surface area contributed by atoms with Crippen molar-refractivity contribution >= 4 is 21.5 Å². The smallest absolute Gasteiger partial charge is 0.381 e. The SMILES string of the molecule is COC(CS(=O)(=O)Nc1ccc(C)cc1C(=O)C(F)(F)F)C1CCOC1. The van der Waals surface area contributed by atoms with Crippen LogP contribution in [-0.4, -0.2) is 52.6 Å². The third kappa shape index (κ3) is 5.18. The van der Waals surface area contributed by atoms with Gasteiger partial charge in [-0.15, -0.1) is 0 Å². The number of nitrogens with one attached hydrogen (secondary N) is 1. The number of rotatable bonds is 7. The Morgan fingerprint density at radius 3 is 2.65 bits per heavy atom. The quantitative estimate of drug-likeness (QED) is 0.718. The maximum Gasteiger partial charge on any atom is 0.454 e. The number of benzene rings is 1. The van der Waals surface area contributed by atoms with Crippen LogP contribution in [0.3, 0.4) is 0 Å². The van der Waals surface area contributed by atoms with Crippen LogP contribution >= 0.6 is 0 Å². The van der Waals surface area contributed by atoms with Gasteiger partial charge in [0.05, 0.1) is 29.7 Å². The molecule has 1 saturated heterocycles. The number of aryl methyl sites for hydroxylation is 1. The number of hydrogen-bond donors (Lipinski definition) is 1. The molecular weight excluding hydrogens is 375 g/mol. The van der Waals surface area contributed by atoms with Gasteiger partial charge in [0, 0.05) is 19.6 Å². The van der Waals surface area contributed by atoms with Crippen LogP contribution in [0.1, 0.15) is 22.3 Å². The summed E-state index contributed by atoms with van der Waals surface area (Å²) in [6, 6.07) is 3.57. The summed E-state index contributed by atoms with van der Waals surface area (Å²) in [6.45, 7) is 2.36. The number of hydrogen-bond acceptors (Lipinski definition) is 5. The highest BCUT2D eigenvalue weighted by molar-refractivity contribution is 7.92. The van der Waals surface area contributed by atoms with Crippen LogP contribution in [0.4, 0.5) is 18.9 Å². The topological polar surface area (TPSA) is 81.7 Å². The molecule has 10 heteroatoms. The Labute approximate surface area is 149 Å². The summed E-state index contributed by atoms with van der Waals surface area (Å²) < 4.78 is 75.7. The molecule has 0 radical (unpaired) electrons. The fourth-order valence-corrected chi connectivity index (χ4v) is 4.19. The Hall–Kier alpha value is -1.65. The zero-order valence-corrected chi connectivity index (χ0v) is 15.1. The largest absolute Gasteiger partial charge is 0.454 e. The zero-order valence-electron chi connectivity index (χ0n) is 14.3. The van der Waals surface area contributed by atoms with E-state index in [0.717, 1.165) is 12.1 Å². The molecule has 1 aromatic carbocycles. The van der Waals surface area contributed by atoms with Gasteiger partial charge in [0.15, 0.2) is 0 Å². The molecule has 2 unspecified atom stereocenters. The van der Waals surface area contributed by atoms with Gasteiger partial charge in [-0.1, -0.05) is 11.6 Å². The molecule has 1 aliphatic heterocycles. The number of anilines is 1. The number of carbonyl (C=O) groups is 1. The fraction of sp³-hybridized carbons (Fsp3) is 0.562. The lowest BCUT2D eigenvalue weighted by Crippen LogP contribution is -2.34. The maximum atomic E-state index is 12.8. The van der Waals surface area contributed by atoms with E-state index in [2.05, 4.69) is 4.72 Å². The molecule has 0 bridgehead atoms. The minimum absolute atomic E-state index is 0.120. The average molecular weight is 395 g/mol. The molecule has 0 amide bonds. The summed E-state index contributed by atoms with van der Waals surface area (Å²) in [7, 11) is -2.68. The predicted octanol–water partition coefficient (Wildman–Crippen LogP) is 2.53. The normalized spacial score (nSPS) is 19.3. The van der Waals surface area contributed by atoms with E-state index in [4.69, 9.17) is 9.47 Å². The number of Topliss-reactive ketones (excluding diaryl/α,β-unsaturated/α-hetero) is 1. The van der Waals surface area contributed by atoms with E-state index in [1.165, 1.54) is 20.1 Å². The van der Waals surface area contributed by atoms with Crippen molar-refractivity contribution in [3.8, 4) is 0 Å². The standard InChI is InChI=1S/C16H20F3NO5S/c1-10-3-4-13(12(7-10)15(21)16(17,18)19)20-26(22,23)9-14(24-2)11-5-6-25-8-11/h3-4,7,11,14,20H,5-6,8-9H2,1-2H3. The summed E-state index contributed by atoms with van der Waals surface area (Å²) in [6.07, 6.45) is -5.14. The van der Waals surface area contributed by atoms with E-state index in [0.29, 0.717) is 25.2 Å². The molecule has 146 valence electrons. The van der Waals surface area contributed by atoms with Gasteiger partial charge in [-0.3, -0.25) is 9.52 Å². The highest BCUT2D eigenvalue weighted by Crippen LogP contribution is 2.28. The van der Waals surface area contributed by atoms with Gasteiger partial charge >= 0.3 is 6.18 Å². The Morgan fingerprint density at radius 1 is 1.42 bits per heavy atom. The van der Waals surface area contributed by atoms with Crippen LogP contribution in [0.2, 0.25) is 0 Å². The first kappa shape index (κ1) is 20.7. The summed E-state index contributed by atoms with van der Waals surface area (Å²) in [4.78, 5) is 11.6. The van der Waals surface area contributed by atoms with Gasteiger partial charge in [-0.25, -0.2) is 8.42 Å². The highest BCUT2D eigenvalue weighted by Gasteiger charge is 2.41. The van der Waals surface area contributed by atoms with E-state index in [9.17, 15) is 26.4 Å². The molecule has 1 fully saturated rings. The van der Waals surface area contributed by atoms with Gasteiger partial charge in [-0.2, -0.15) is 13.2 Å². The van der Waals surface area contributed by atoms with Crippen LogP contribution in [-0.2, 0) is 19.5 Å². The zero-order chi connectivity index (χ0) is 19.5. The lowest BCUT2D eigenvalue weighted by atomic mass is 10.0. The molecular formula is C16H20F3NO5S. The first-order chi connectivity index (χ1) is 12.0. The Morgan fingerprint density at radius 2 is 2.12 bits per heavy atom. The van der Waals surface area contributed by atoms with Gasteiger partial charge < -0.3 is 9.47 Å². The molecule has 0 saturated carbocycles. The van der Waals surface area contributed by atoms with Crippen LogP contribution in [0, 0.1) is 12.8 Å². The van der Waals surface area contributed by atoms with Gasteiger partial charge in [-0.05, 0) is 25.5 Å². The fourth-order valence-electron chi connectivity index (χ4n) is 2.76. The first-order valence-electron chi connectivity index (χ1n) is 7.86. The lowest BCUT2D eigenvalue weighted by Gasteiger charge is -2.21. The van der Waals surface area contributed by atoms with Crippen molar-refractivity contribution in [2.45, 2.75) is 25.6 Å². The maximum absolute atomic E-state index is 12.8. The first-order valence-corrected chi connectivity index (χ1v) is 9.52. The molecule has 2 rings (SSSR count). The van der Waals surface area contributed by atoms with Crippen molar-refractivity contribution in [2.24, 2.45) is 5.92 Å². The molecule has 0 aromatic heterocycles. The summed E-state index contributed by atoms with van der Waals surface area (Å²) in [5.41, 5.74) is -0.742. The number of halogens is 3. The van der Waals surface area contributed by atoms with Crippen molar-refractivity contribution < 1.29 is 35.9 Å². The number of alkyl halides is 3. The molecule has 1 aliphatic rings. The van der Waals surface area contributed by atoms with E-state index < -0.39 is 45.1 Å². The highest BCUT2D eigenvalue weighted by atomic mass is 32.2. The minimum atomic E-state index is -5.11. The summed E-state index contributed by atoms with van der Waals surface area (Å²) in [5.74, 6) is -2.68. The van der Waals surface area contributed by atoms with E-state index in [1.54, 1.807) is 0 Å². The summed E-state index contributed by atoms with van der Waals surface area (Å²) in [5, 5.41) is 0. The minimum Gasteiger partial charge on any atom is -0.381 e. The second-order valence-electron chi connectivity index (χ2n) is 6.16. The van der Waals surface area contributed by atoms with E-state index >= 15 is 0 Å². The second-order valence-corrected chi connectivity index (χ2v) is 7.92. The third-order valence-electron chi connectivity index (χ3n) is 4.12. The average Bonchev–Trinajstić information content (AvgIpc) is 3.07. The van der Waals surface area contributed by atoms with Crippen LogP contribution in [0.25, 0.3) is 0 Å². The number of ether oxygens (including phenoxy) is 2. The molecule has 1 aromatic rings. The van der Waals surface area contributed by atoms with E-state index in [1.807, 2.05) is 0 Å². The molecule has 1 heterocycles. The monoisotopic (exact) mass is 395 g/mol. The van der Waals surface area contributed by atoms with Crippen molar-refractivity contribution in [3.05, 3.63) is 29.3 Å². The van der Waals surface area contributed by atoms with Crippen molar-refractivity contribution in [1.29, 1.82) is 0 Å². The molecule has 6 nitrogen and oxygen atoms in total. The van der Waals surface area contributed by atoms with Crippen LogP contribution < -0.4 is 4.72 Å². The summed E-state index contributed by atoms with van der Waals surface area (Å²) >= 11 is 0. The van der Waals surface area contributed by atoms with Gasteiger partial charge in [0.1, 0.15) is 0 Å². The number of methoxy groups -OCH3 is 1. The van der Waals surface area contributed by atoms with Gasteiger partial charge in [0.2, 0.25) is 10.0 Å². The predicted molar refractivity (Wildman–Crippen MR) is 88.7 cm³/mol. The molecule has 1 N–H and O–H groups in total. The van der Waals surface area contributed by atoms with Gasteiger partial charge in [0.25, 0.3) is 5.78 Å². The molecule has 26 heavy (non-hydrogen) atoms. The second kappa shape index (κ2) is 7.93. The third-order valence-corrected chi connectivity index (χ3v) is 5.42. The number of sulfonamides is 1. The molecule has 0 spiro atoms. The number of carbonyl (C=O) groups excluding carboxylic acids is 1.